The van der Waals surface area contributed by atoms with Crippen LogP contribution < -0.4 is 11.1 Å². The summed E-state index contributed by atoms with van der Waals surface area (Å²) in [6.45, 7) is 5.28. The Morgan fingerprint density at radius 1 is 1.52 bits per heavy atom. The number of morpholine rings is 1. The number of nitrogens with zero attached hydrogens (tertiary/aromatic N) is 1. The molecule has 0 radical (unpaired) electrons. The van der Waals surface area contributed by atoms with Gasteiger partial charge < -0.3 is 25.7 Å². The van der Waals surface area contributed by atoms with E-state index in [1.807, 2.05) is 19.1 Å². The molecule has 1 aromatic rings. The molecule has 0 aromatic carbocycles. The number of likely N-dealkylation sites (N-methyl/N-ethyl adjacent to an activating group) is 1. The third-order valence-electron chi connectivity index (χ3n) is 4.88. The zero-order chi connectivity index (χ0) is 18.0. The van der Waals surface area contributed by atoms with Gasteiger partial charge in [0.1, 0.15) is 0 Å². The largest absolute Gasteiger partial charge is 0.405 e. The van der Waals surface area contributed by atoms with Crippen molar-refractivity contribution in [2.24, 2.45) is 5.73 Å². The highest BCUT2D eigenvalue weighted by molar-refractivity contribution is 14.1. The van der Waals surface area contributed by atoms with Crippen LogP contribution in [0.2, 0.25) is 0 Å². The summed E-state index contributed by atoms with van der Waals surface area (Å²) in [5.41, 5.74) is 9.30. The van der Waals surface area contributed by atoms with Crippen LogP contribution in [0.3, 0.4) is 0 Å². The topological polar surface area (TPSA) is 83.4 Å². The van der Waals surface area contributed by atoms with E-state index in [4.69, 9.17) is 10.5 Å². The summed E-state index contributed by atoms with van der Waals surface area (Å²) in [4.78, 5) is 18.2. The minimum absolute atomic E-state index is 0.00740. The van der Waals surface area contributed by atoms with Gasteiger partial charge in [-0.1, -0.05) is 6.08 Å². The van der Waals surface area contributed by atoms with Crippen LogP contribution in [0.1, 0.15) is 41.0 Å². The number of nitrogens with two attached hydrogens (primary N) is 1. The van der Waals surface area contributed by atoms with Crippen LogP contribution in [0.4, 0.5) is 0 Å². The average Bonchev–Trinajstić information content (AvgIpc) is 2.94. The molecule has 2 aliphatic rings. The summed E-state index contributed by atoms with van der Waals surface area (Å²) in [5.74, 6) is 0.221. The maximum absolute atomic E-state index is 12.4. The van der Waals surface area contributed by atoms with Gasteiger partial charge in [-0.05, 0) is 60.8 Å². The van der Waals surface area contributed by atoms with Gasteiger partial charge >= 0.3 is 0 Å². The van der Waals surface area contributed by atoms with E-state index in [1.165, 1.54) is 6.20 Å². The molecule has 1 amide bonds. The van der Waals surface area contributed by atoms with Gasteiger partial charge in [-0.2, -0.15) is 0 Å². The van der Waals surface area contributed by atoms with E-state index in [2.05, 4.69) is 44.8 Å². The SMILES string of the molecule is C/C=C(\C=C/N)c1[nH]c2c(c1I)C(=O)NCC2C[C@@H]1CN(C)CCO1. The average molecular weight is 456 g/mol. The molecule has 136 valence electrons. The summed E-state index contributed by atoms with van der Waals surface area (Å²) in [6.07, 6.45) is 6.46. The first-order valence-electron chi connectivity index (χ1n) is 8.59. The molecule has 0 spiro atoms. The molecule has 0 saturated carbocycles. The summed E-state index contributed by atoms with van der Waals surface area (Å²) < 4.78 is 6.87. The quantitative estimate of drug-likeness (QED) is 0.479. The number of H-pyrrole nitrogens is 1. The maximum Gasteiger partial charge on any atom is 0.254 e. The van der Waals surface area contributed by atoms with Crippen LogP contribution in [0.15, 0.2) is 18.4 Å². The number of carbonyl (C=O) groups excluding carboxylic acids is 1. The van der Waals surface area contributed by atoms with E-state index in [-0.39, 0.29) is 17.9 Å². The molecule has 7 heteroatoms. The Morgan fingerprint density at radius 3 is 3.00 bits per heavy atom. The lowest BCUT2D eigenvalue weighted by Crippen LogP contribution is -2.43. The molecule has 1 aromatic heterocycles. The first kappa shape index (κ1) is 18.5. The smallest absolute Gasteiger partial charge is 0.254 e. The maximum atomic E-state index is 12.4. The molecule has 3 heterocycles. The zero-order valence-electron chi connectivity index (χ0n) is 14.6. The molecule has 4 N–H and O–H groups in total. The predicted octanol–water partition coefficient (Wildman–Crippen LogP) is 2.04. The van der Waals surface area contributed by atoms with Gasteiger partial charge in [-0.15, -0.1) is 0 Å². The van der Waals surface area contributed by atoms with Gasteiger partial charge in [0.15, 0.2) is 0 Å². The number of ether oxygens (including phenoxy) is 1. The van der Waals surface area contributed by atoms with E-state index in [0.717, 1.165) is 52.2 Å². The van der Waals surface area contributed by atoms with Crippen molar-refractivity contribution < 1.29 is 9.53 Å². The lowest BCUT2D eigenvalue weighted by Gasteiger charge is -2.33. The van der Waals surface area contributed by atoms with Crippen molar-refractivity contribution >= 4 is 34.1 Å². The van der Waals surface area contributed by atoms with Crippen molar-refractivity contribution in [3.05, 3.63) is 38.9 Å². The molecule has 6 nitrogen and oxygen atoms in total. The number of aromatic amines is 1. The molecule has 1 unspecified atom stereocenters. The zero-order valence-corrected chi connectivity index (χ0v) is 16.8. The first-order valence-corrected chi connectivity index (χ1v) is 9.67. The van der Waals surface area contributed by atoms with E-state index in [1.54, 1.807) is 0 Å². The van der Waals surface area contributed by atoms with E-state index >= 15 is 0 Å². The first-order chi connectivity index (χ1) is 12.0. The normalized spacial score (nSPS) is 25.2. The number of hydrogen-bond donors (Lipinski definition) is 3. The Labute approximate surface area is 162 Å². The van der Waals surface area contributed by atoms with E-state index in [9.17, 15) is 4.79 Å². The fourth-order valence-corrected chi connectivity index (χ4v) is 4.57. The number of fused-ring (bicyclic) bond motifs is 1. The summed E-state index contributed by atoms with van der Waals surface area (Å²) in [7, 11) is 2.12. The second-order valence-electron chi connectivity index (χ2n) is 6.60. The molecule has 0 bridgehead atoms. The molecule has 25 heavy (non-hydrogen) atoms. The molecule has 2 atom stereocenters. The van der Waals surface area contributed by atoms with Crippen molar-refractivity contribution in [1.29, 1.82) is 0 Å². The Bertz CT molecular complexity index is 710. The minimum atomic E-state index is -0.00740. The Kier molecular flexibility index (Phi) is 5.85. The van der Waals surface area contributed by atoms with Crippen LogP contribution in [-0.2, 0) is 4.74 Å². The molecule has 3 rings (SSSR count). The van der Waals surface area contributed by atoms with Gasteiger partial charge in [0.25, 0.3) is 5.91 Å². The van der Waals surface area contributed by atoms with Crippen molar-refractivity contribution in [2.75, 3.05) is 33.3 Å². The molecule has 0 aliphatic carbocycles. The highest BCUT2D eigenvalue weighted by Gasteiger charge is 2.34. The fraction of sp³-hybridized carbons (Fsp3) is 0.500. The van der Waals surface area contributed by atoms with Gasteiger partial charge in [0.2, 0.25) is 0 Å². The van der Waals surface area contributed by atoms with Crippen LogP contribution in [0, 0.1) is 3.57 Å². The van der Waals surface area contributed by atoms with Gasteiger partial charge in [0.05, 0.1) is 27.5 Å². The number of carbonyl (C=O) groups is 1. The Hall–Kier alpha value is -1.32. The van der Waals surface area contributed by atoms with Crippen LogP contribution in [0.5, 0.6) is 0 Å². The molecular weight excluding hydrogens is 431 g/mol. The molecule has 1 fully saturated rings. The van der Waals surface area contributed by atoms with Crippen molar-refractivity contribution in [1.82, 2.24) is 15.2 Å². The van der Waals surface area contributed by atoms with Crippen LogP contribution >= 0.6 is 22.6 Å². The summed E-state index contributed by atoms with van der Waals surface area (Å²) in [6, 6.07) is 0. The lowest BCUT2D eigenvalue weighted by atomic mass is 9.91. The van der Waals surface area contributed by atoms with Crippen molar-refractivity contribution in [2.45, 2.75) is 25.4 Å². The van der Waals surface area contributed by atoms with Crippen LogP contribution in [-0.4, -0.2) is 55.2 Å². The molecule has 2 aliphatic heterocycles. The van der Waals surface area contributed by atoms with E-state index in [0.29, 0.717) is 6.54 Å². The van der Waals surface area contributed by atoms with E-state index < -0.39 is 0 Å². The number of aromatic nitrogens is 1. The fourth-order valence-electron chi connectivity index (χ4n) is 3.58. The number of allylic oxidation sites excluding steroid dienone is 3. The second-order valence-corrected chi connectivity index (χ2v) is 7.68. The standard InChI is InChI=1S/C18H25IN4O2/c1-3-11(4-5-20)17-15(19)14-16(22-17)12(9-21-18(14)24)8-13-10-23(2)6-7-25-13/h3-5,12-13,22H,6-10,20H2,1-2H3,(H,21,24)/b5-4-,11-3+/t12?,13-/m1/s1. The lowest BCUT2D eigenvalue weighted by molar-refractivity contribution is -0.0268. The number of amides is 1. The highest BCUT2D eigenvalue weighted by Crippen LogP contribution is 2.35. The Balaban J connectivity index is 1.91. The van der Waals surface area contributed by atoms with Gasteiger partial charge in [-0.3, -0.25) is 4.79 Å². The predicted molar refractivity (Wildman–Crippen MR) is 107 cm³/mol. The second kappa shape index (κ2) is 7.92. The van der Waals surface area contributed by atoms with Gasteiger partial charge in [-0.25, -0.2) is 0 Å². The monoisotopic (exact) mass is 456 g/mol. The highest BCUT2D eigenvalue weighted by atomic mass is 127. The number of rotatable bonds is 4. The van der Waals surface area contributed by atoms with Crippen molar-refractivity contribution in [3.8, 4) is 0 Å². The number of hydrogen-bond acceptors (Lipinski definition) is 4. The minimum Gasteiger partial charge on any atom is -0.405 e. The number of halogens is 1. The Morgan fingerprint density at radius 2 is 2.32 bits per heavy atom. The third kappa shape index (κ3) is 3.78. The van der Waals surface area contributed by atoms with Gasteiger partial charge in [0, 0.05) is 31.2 Å². The van der Waals surface area contributed by atoms with Crippen molar-refractivity contribution in [3.63, 3.8) is 0 Å². The summed E-state index contributed by atoms with van der Waals surface area (Å²) in [5, 5.41) is 3.04. The van der Waals surface area contributed by atoms with Crippen LogP contribution in [0.25, 0.3) is 5.57 Å². The molecule has 1 saturated heterocycles. The molecular formula is C18H25IN4O2. The summed E-state index contributed by atoms with van der Waals surface area (Å²) >= 11 is 2.25. The number of nitrogens with one attached hydrogen (secondary N) is 2. The third-order valence-corrected chi connectivity index (χ3v) is 5.96.